The summed E-state index contributed by atoms with van der Waals surface area (Å²) in [6.07, 6.45) is 1.52. The Hall–Kier alpha value is -2.32. The fourth-order valence-corrected chi connectivity index (χ4v) is 4.08. The number of fused-ring (bicyclic) bond motifs is 1. The minimum atomic E-state index is -0.107. The Kier molecular flexibility index (Phi) is 6.30. The number of carbonyl (C=O) groups excluding carboxylic acids is 1. The number of hydrogen-bond acceptors (Lipinski definition) is 7. The van der Waals surface area contributed by atoms with Gasteiger partial charge in [-0.25, -0.2) is 9.97 Å². The Morgan fingerprint density at radius 1 is 1.15 bits per heavy atom. The molecule has 0 aliphatic carbocycles. The van der Waals surface area contributed by atoms with E-state index in [0.717, 1.165) is 15.2 Å². The molecule has 0 fully saturated rings. The van der Waals surface area contributed by atoms with Crippen LogP contribution in [0.3, 0.4) is 0 Å². The van der Waals surface area contributed by atoms with Crippen LogP contribution in [-0.2, 0) is 4.79 Å². The molecule has 0 spiro atoms. The van der Waals surface area contributed by atoms with Crippen LogP contribution >= 0.6 is 23.1 Å². The lowest BCUT2D eigenvalue weighted by atomic mass is 10.2. The van der Waals surface area contributed by atoms with Crippen LogP contribution < -0.4 is 14.8 Å². The highest BCUT2D eigenvalue weighted by atomic mass is 32.2. The molecule has 1 N–H and O–H groups in total. The third-order valence-electron chi connectivity index (χ3n) is 3.38. The SMILES string of the molecule is CCOc1ccc(NC(=O)CSc2ncnc3ccsc23)cc1OCC. The number of thiophene rings is 1. The summed E-state index contributed by atoms with van der Waals surface area (Å²) in [5.74, 6) is 1.45. The third kappa shape index (κ3) is 4.44. The van der Waals surface area contributed by atoms with Crippen LogP contribution in [-0.4, -0.2) is 34.8 Å². The Labute approximate surface area is 160 Å². The van der Waals surface area contributed by atoms with E-state index in [9.17, 15) is 4.79 Å². The first kappa shape index (κ1) is 18.5. The molecule has 0 radical (unpaired) electrons. The molecule has 26 heavy (non-hydrogen) atoms. The first-order valence-electron chi connectivity index (χ1n) is 8.21. The van der Waals surface area contributed by atoms with Gasteiger partial charge in [-0.15, -0.1) is 11.3 Å². The summed E-state index contributed by atoms with van der Waals surface area (Å²) in [5, 5.41) is 5.68. The van der Waals surface area contributed by atoms with Gasteiger partial charge >= 0.3 is 0 Å². The fourth-order valence-electron chi connectivity index (χ4n) is 2.33. The highest BCUT2D eigenvalue weighted by molar-refractivity contribution is 8.00. The Morgan fingerprint density at radius 3 is 2.77 bits per heavy atom. The van der Waals surface area contributed by atoms with E-state index in [4.69, 9.17) is 9.47 Å². The van der Waals surface area contributed by atoms with Crippen molar-refractivity contribution in [3.63, 3.8) is 0 Å². The summed E-state index contributed by atoms with van der Waals surface area (Å²) in [6.45, 7) is 4.90. The topological polar surface area (TPSA) is 73.3 Å². The lowest BCUT2D eigenvalue weighted by Gasteiger charge is -2.13. The molecule has 0 aliphatic heterocycles. The monoisotopic (exact) mass is 389 g/mol. The minimum Gasteiger partial charge on any atom is -0.490 e. The zero-order valence-electron chi connectivity index (χ0n) is 14.5. The second kappa shape index (κ2) is 8.86. The maximum Gasteiger partial charge on any atom is 0.234 e. The van der Waals surface area contributed by atoms with Gasteiger partial charge in [-0.05, 0) is 37.4 Å². The Morgan fingerprint density at radius 2 is 1.96 bits per heavy atom. The van der Waals surface area contributed by atoms with Gasteiger partial charge in [-0.2, -0.15) is 0 Å². The average molecular weight is 390 g/mol. The highest BCUT2D eigenvalue weighted by Gasteiger charge is 2.11. The van der Waals surface area contributed by atoms with Crippen LogP contribution in [0, 0.1) is 0 Å². The van der Waals surface area contributed by atoms with Crippen molar-refractivity contribution >= 4 is 44.9 Å². The summed E-state index contributed by atoms with van der Waals surface area (Å²) in [6, 6.07) is 7.33. The summed E-state index contributed by atoms with van der Waals surface area (Å²) < 4.78 is 12.1. The number of nitrogens with one attached hydrogen (secondary N) is 1. The highest BCUT2D eigenvalue weighted by Crippen LogP contribution is 2.31. The first-order valence-corrected chi connectivity index (χ1v) is 10.1. The zero-order valence-corrected chi connectivity index (χ0v) is 16.2. The van der Waals surface area contributed by atoms with Gasteiger partial charge in [-0.1, -0.05) is 11.8 Å². The number of aromatic nitrogens is 2. The van der Waals surface area contributed by atoms with Crippen LogP contribution in [0.15, 0.2) is 41.0 Å². The molecule has 8 heteroatoms. The Balaban J connectivity index is 1.64. The van der Waals surface area contributed by atoms with E-state index >= 15 is 0 Å². The third-order valence-corrected chi connectivity index (χ3v) is 5.41. The predicted molar refractivity (Wildman–Crippen MR) is 106 cm³/mol. The van der Waals surface area contributed by atoms with Crippen LogP contribution in [0.5, 0.6) is 11.5 Å². The fraction of sp³-hybridized carbons (Fsp3) is 0.278. The lowest BCUT2D eigenvalue weighted by molar-refractivity contribution is -0.113. The zero-order chi connectivity index (χ0) is 18.4. The molecule has 6 nitrogen and oxygen atoms in total. The molecule has 1 aromatic carbocycles. The van der Waals surface area contributed by atoms with E-state index in [1.54, 1.807) is 29.5 Å². The largest absolute Gasteiger partial charge is 0.490 e. The smallest absolute Gasteiger partial charge is 0.234 e. The molecule has 0 unspecified atom stereocenters. The number of hydrogen-bond donors (Lipinski definition) is 1. The molecule has 0 aliphatic rings. The average Bonchev–Trinajstić information content (AvgIpc) is 3.12. The lowest BCUT2D eigenvalue weighted by Crippen LogP contribution is -2.14. The van der Waals surface area contributed by atoms with Crippen molar-refractivity contribution in [2.45, 2.75) is 18.9 Å². The van der Waals surface area contributed by atoms with Gasteiger partial charge < -0.3 is 14.8 Å². The van der Waals surface area contributed by atoms with Gasteiger partial charge in [0.2, 0.25) is 5.91 Å². The van der Waals surface area contributed by atoms with Gasteiger partial charge in [-0.3, -0.25) is 4.79 Å². The van der Waals surface area contributed by atoms with E-state index in [2.05, 4.69) is 15.3 Å². The van der Waals surface area contributed by atoms with Crippen molar-refractivity contribution < 1.29 is 14.3 Å². The molecule has 136 valence electrons. The molecule has 0 saturated carbocycles. The molecule has 3 rings (SSSR count). The molecule has 0 bridgehead atoms. The van der Waals surface area contributed by atoms with Crippen molar-refractivity contribution in [2.75, 3.05) is 24.3 Å². The van der Waals surface area contributed by atoms with E-state index in [1.165, 1.54) is 18.1 Å². The number of rotatable bonds is 8. The first-order chi connectivity index (χ1) is 12.7. The number of thioether (sulfide) groups is 1. The maximum atomic E-state index is 12.3. The van der Waals surface area contributed by atoms with E-state index in [0.29, 0.717) is 30.4 Å². The molecule has 3 aromatic rings. The standard InChI is InChI=1S/C18H19N3O3S2/c1-3-23-14-6-5-12(9-15(14)24-4-2)21-16(22)10-26-18-17-13(7-8-25-17)19-11-20-18/h5-9,11H,3-4,10H2,1-2H3,(H,21,22). The normalized spacial score (nSPS) is 10.7. The summed E-state index contributed by atoms with van der Waals surface area (Å²) in [7, 11) is 0. The van der Waals surface area contributed by atoms with Crippen molar-refractivity contribution in [3.8, 4) is 11.5 Å². The minimum absolute atomic E-state index is 0.107. The maximum absolute atomic E-state index is 12.3. The molecule has 2 aromatic heterocycles. The van der Waals surface area contributed by atoms with Crippen molar-refractivity contribution in [1.29, 1.82) is 0 Å². The van der Waals surface area contributed by atoms with Crippen molar-refractivity contribution in [1.82, 2.24) is 9.97 Å². The summed E-state index contributed by atoms with van der Waals surface area (Å²) in [5.41, 5.74) is 1.58. The van der Waals surface area contributed by atoms with E-state index in [-0.39, 0.29) is 11.7 Å². The van der Waals surface area contributed by atoms with Gasteiger partial charge in [0.15, 0.2) is 11.5 Å². The Bertz CT molecular complexity index is 898. The number of anilines is 1. The predicted octanol–water partition coefficient (Wildman–Crippen LogP) is 4.22. The second-order valence-corrected chi connectivity index (χ2v) is 7.06. The van der Waals surface area contributed by atoms with Crippen molar-refractivity contribution in [3.05, 3.63) is 36.0 Å². The number of amides is 1. The van der Waals surface area contributed by atoms with Gasteiger partial charge in [0, 0.05) is 11.8 Å². The molecule has 2 heterocycles. The van der Waals surface area contributed by atoms with Crippen LogP contribution in [0.4, 0.5) is 5.69 Å². The van der Waals surface area contributed by atoms with Gasteiger partial charge in [0.25, 0.3) is 0 Å². The molecule has 0 saturated heterocycles. The molecule has 1 amide bonds. The van der Waals surface area contributed by atoms with E-state index < -0.39 is 0 Å². The van der Waals surface area contributed by atoms with Gasteiger partial charge in [0.05, 0.1) is 29.2 Å². The number of nitrogens with zero attached hydrogens (tertiary/aromatic N) is 2. The van der Waals surface area contributed by atoms with Crippen LogP contribution in [0.2, 0.25) is 0 Å². The van der Waals surface area contributed by atoms with E-state index in [1.807, 2.05) is 25.3 Å². The molecule has 0 atom stereocenters. The summed E-state index contributed by atoms with van der Waals surface area (Å²) >= 11 is 2.97. The molecular formula is C18H19N3O3S2. The quantitative estimate of drug-likeness (QED) is 0.459. The van der Waals surface area contributed by atoms with Crippen LogP contribution in [0.1, 0.15) is 13.8 Å². The van der Waals surface area contributed by atoms with Gasteiger partial charge in [0.1, 0.15) is 11.4 Å². The molecular weight excluding hydrogens is 370 g/mol. The number of ether oxygens (including phenoxy) is 2. The summed E-state index contributed by atoms with van der Waals surface area (Å²) in [4.78, 5) is 20.8. The van der Waals surface area contributed by atoms with Crippen molar-refractivity contribution in [2.24, 2.45) is 0 Å². The number of carbonyl (C=O) groups is 1. The van der Waals surface area contributed by atoms with Crippen LogP contribution in [0.25, 0.3) is 10.2 Å². The second-order valence-electron chi connectivity index (χ2n) is 5.18. The number of benzene rings is 1.